The van der Waals surface area contributed by atoms with E-state index in [0.29, 0.717) is 5.82 Å². The monoisotopic (exact) mass is 360 g/mol. The summed E-state index contributed by atoms with van der Waals surface area (Å²) in [6.07, 6.45) is 4.39. The van der Waals surface area contributed by atoms with Gasteiger partial charge < -0.3 is 15.0 Å². The van der Waals surface area contributed by atoms with Gasteiger partial charge in [0.2, 0.25) is 0 Å². The molecular formula is C20H20N6O. The molecule has 2 aromatic carbocycles. The molecule has 27 heavy (non-hydrogen) atoms. The van der Waals surface area contributed by atoms with E-state index in [1.165, 1.54) is 0 Å². The number of rotatable bonds is 7. The highest BCUT2D eigenvalue weighted by Crippen LogP contribution is 2.27. The zero-order chi connectivity index (χ0) is 18.5. The lowest BCUT2D eigenvalue weighted by molar-refractivity contribution is 0.415. The third-order valence-corrected chi connectivity index (χ3v) is 4.26. The number of hydrogen-bond acceptors (Lipinski definition) is 5. The van der Waals surface area contributed by atoms with Crippen molar-refractivity contribution < 1.29 is 4.74 Å². The molecule has 4 rings (SSSR count). The number of para-hydroxylation sites is 1. The second-order valence-corrected chi connectivity index (χ2v) is 6.04. The topological polar surface area (TPSA) is 91.5 Å². The second kappa shape index (κ2) is 7.74. The van der Waals surface area contributed by atoms with Crippen molar-refractivity contribution >= 4 is 5.69 Å². The van der Waals surface area contributed by atoms with Crippen molar-refractivity contribution in [3.63, 3.8) is 0 Å². The molecule has 136 valence electrons. The summed E-state index contributed by atoms with van der Waals surface area (Å²) in [5.74, 6) is 2.13. The Morgan fingerprint density at radius 2 is 2.04 bits per heavy atom. The fourth-order valence-electron chi connectivity index (χ4n) is 2.87. The van der Waals surface area contributed by atoms with Gasteiger partial charge in [0.1, 0.15) is 5.75 Å². The molecule has 0 unspecified atom stereocenters. The number of H-pyrrole nitrogens is 2. The van der Waals surface area contributed by atoms with E-state index in [2.05, 4.69) is 30.5 Å². The minimum Gasteiger partial charge on any atom is -0.497 e. The predicted molar refractivity (Wildman–Crippen MR) is 105 cm³/mol. The highest BCUT2D eigenvalue weighted by atomic mass is 16.5. The largest absolute Gasteiger partial charge is 0.497 e. The molecule has 0 spiro atoms. The number of anilines is 1. The smallest absolute Gasteiger partial charge is 0.181 e. The molecular weight excluding hydrogens is 340 g/mol. The zero-order valence-corrected chi connectivity index (χ0v) is 14.9. The number of nitrogens with one attached hydrogen (secondary N) is 3. The zero-order valence-electron chi connectivity index (χ0n) is 14.9. The number of nitrogens with zero attached hydrogens (tertiary/aromatic N) is 3. The highest BCUT2D eigenvalue weighted by Gasteiger charge is 2.11. The Kier molecular flexibility index (Phi) is 4.82. The van der Waals surface area contributed by atoms with Crippen LogP contribution in [0.1, 0.15) is 5.69 Å². The van der Waals surface area contributed by atoms with Gasteiger partial charge in [0.05, 0.1) is 13.4 Å². The molecule has 0 aliphatic heterocycles. The number of benzene rings is 2. The van der Waals surface area contributed by atoms with Crippen LogP contribution < -0.4 is 10.1 Å². The molecule has 0 amide bonds. The van der Waals surface area contributed by atoms with Gasteiger partial charge in [-0.2, -0.15) is 5.10 Å². The van der Waals surface area contributed by atoms with E-state index < -0.39 is 0 Å². The first-order valence-electron chi connectivity index (χ1n) is 8.71. The molecule has 7 nitrogen and oxygen atoms in total. The van der Waals surface area contributed by atoms with Gasteiger partial charge in [0.25, 0.3) is 0 Å². The Bertz CT molecular complexity index is 1010. The SMILES string of the molecule is COc1cccc(-c2n[nH]c(-c3ccccc3NCCc3cnc[nH]3)n2)c1. The Labute approximate surface area is 156 Å². The first-order chi connectivity index (χ1) is 13.3. The summed E-state index contributed by atoms with van der Waals surface area (Å²) < 4.78 is 5.28. The van der Waals surface area contributed by atoms with Crippen LogP contribution in [0.2, 0.25) is 0 Å². The average molecular weight is 360 g/mol. The van der Waals surface area contributed by atoms with Crippen LogP contribution >= 0.6 is 0 Å². The van der Waals surface area contributed by atoms with Crippen LogP contribution in [0, 0.1) is 0 Å². The third-order valence-electron chi connectivity index (χ3n) is 4.26. The van der Waals surface area contributed by atoms with Crippen molar-refractivity contribution in [3.8, 4) is 28.5 Å². The predicted octanol–water partition coefficient (Wildman–Crippen LogP) is 3.53. The maximum atomic E-state index is 5.28. The number of aromatic amines is 2. The van der Waals surface area contributed by atoms with Crippen molar-refractivity contribution in [2.75, 3.05) is 19.0 Å². The lowest BCUT2D eigenvalue weighted by Crippen LogP contribution is -2.06. The molecule has 0 atom stereocenters. The quantitative estimate of drug-likeness (QED) is 0.469. The number of imidazole rings is 1. The maximum Gasteiger partial charge on any atom is 0.181 e. The molecule has 3 N–H and O–H groups in total. The van der Waals surface area contributed by atoms with Crippen LogP contribution in [0.5, 0.6) is 5.75 Å². The highest BCUT2D eigenvalue weighted by molar-refractivity contribution is 5.74. The van der Waals surface area contributed by atoms with E-state index in [4.69, 9.17) is 4.74 Å². The van der Waals surface area contributed by atoms with Crippen LogP contribution in [0.25, 0.3) is 22.8 Å². The Morgan fingerprint density at radius 3 is 2.89 bits per heavy atom. The fraction of sp³-hybridized carbons (Fsp3) is 0.150. The van der Waals surface area contributed by atoms with E-state index in [9.17, 15) is 0 Å². The number of aromatic nitrogens is 5. The molecule has 0 saturated heterocycles. The van der Waals surface area contributed by atoms with Crippen molar-refractivity contribution in [1.29, 1.82) is 0 Å². The minimum atomic E-state index is 0.635. The van der Waals surface area contributed by atoms with Gasteiger partial charge in [0.15, 0.2) is 11.6 Å². The summed E-state index contributed by atoms with van der Waals surface area (Å²) >= 11 is 0. The number of ether oxygens (including phenoxy) is 1. The van der Waals surface area contributed by atoms with Gasteiger partial charge in [-0.15, -0.1) is 0 Å². The molecule has 0 radical (unpaired) electrons. The van der Waals surface area contributed by atoms with Crippen LogP contribution in [0.3, 0.4) is 0 Å². The van der Waals surface area contributed by atoms with Crippen molar-refractivity contribution in [1.82, 2.24) is 25.1 Å². The third kappa shape index (κ3) is 3.82. The van der Waals surface area contributed by atoms with Gasteiger partial charge in [-0.1, -0.05) is 24.3 Å². The lowest BCUT2D eigenvalue weighted by atomic mass is 10.1. The summed E-state index contributed by atoms with van der Waals surface area (Å²) in [7, 11) is 1.65. The normalized spacial score (nSPS) is 10.7. The molecule has 0 aliphatic rings. The average Bonchev–Trinajstić information content (AvgIpc) is 3.41. The standard InChI is InChI=1S/C20H20N6O/c1-27-16-6-4-5-14(11-16)19-24-20(26-25-19)17-7-2-3-8-18(17)22-10-9-15-12-21-13-23-15/h2-8,11-13,22H,9-10H2,1H3,(H,21,23)(H,24,25,26). The van der Waals surface area contributed by atoms with Crippen LogP contribution in [0.4, 0.5) is 5.69 Å². The first-order valence-corrected chi connectivity index (χ1v) is 8.71. The van der Waals surface area contributed by atoms with Crippen LogP contribution in [-0.2, 0) is 6.42 Å². The van der Waals surface area contributed by atoms with Crippen LogP contribution in [0.15, 0.2) is 61.1 Å². The van der Waals surface area contributed by atoms with E-state index in [0.717, 1.165) is 47.0 Å². The van der Waals surface area contributed by atoms with Crippen molar-refractivity contribution in [2.45, 2.75) is 6.42 Å². The summed E-state index contributed by atoms with van der Waals surface area (Å²) in [5, 5.41) is 10.9. The summed E-state index contributed by atoms with van der Waals surface area (Å²) in [6.45, 7) is 0.788. The maximum absolute atomic E-state index is 5.28. The minimum absolute atomic E-state index is 0.635. The fourth-order valence-corrected chi connectivity index (χ4v) is 2.87. The first kappa shape index (κ1) is 16.8. The Balaban J connectivity index is 1.54. The summed E-state index contributed by atoms with van der Waals surface area (Å²) in [4.78, 5) is 11.8. The Hall–Kier alpha value is -3.61. The van der Waals surface area contributed by atoms with Gasteiger partial charge in [-0.3, -0.25) is 5.10 Å². The second-order valence-electron chi connectivity index (χ2n) is 6.04. The lowest BCUT2D eigenvalue weighted by Gasteiger charge is -2.09. The molecule has 0 aliphatic carbocycles. The van der Waals surface area contributed by atoms with E-state index in [1.807, 2.05) is 54.7 Å². The Morgan fingerprint density at radius 1 is 1.11 bits per heavy atom. The molecule has 7 heteroatoms. The van der Waals surface area contributed by atoms with Gasteiger partial charge in [0, 0.05) is 41.7 Å². The van der Waals surface area contributed by atoms with Crippen LogP contribution in [-0.4, -0.2) is 38.8 Å². The summed E-state index contributed by atoms with van der Waals surface area (Å²) in [6, 6.07) is 15.8. The van der Waals surface area contributed by atoms with Crippen molar-refractivity contribution in [2.24, 2.45) is 0 Å². The van der Waals surface area contributed by atoms with Gasteiger partial charge >= 0.3 is 0 Å². The molecule has 2 heterocycles. The molecule has 0 saturated carbocycles. The van der Waals surface area contributed by atoms with Gasteiger partial charge in [-0.05, 0) is 24.3 Å². The molecule has 4 aromatic rings. The number of methoxy groups -OCH3 is 1. The number of hydrogen-bond donors (Lipinski definition) is 3. The molecule has 0 bridgehead atoms. The molecule has 0 fully saturated rings. The van der Waals surface area contributed by atoms with E-state index >= 15 is 0 Å². The van der Waals surface area contributed by atoms with Crippen molar-refractivity contribution in [3.05, 3.63) is 66.7 Å². The van der Waals surface area contributed by atoms with E-state index in [1.54, 1.807) is 13.4 Å². The molecule has 2 aromatic heterocycles. The summed E-state index contributed by atoms with van der Waals surface area (Å²) in [5.41, 5.74) is 3.98. The van der Waals surface area contributed by atoms with Gasteiger partial charge in [-0.25, -0.2) is 9.97 Å². The van der Waals surface area contributed by atoms with E-state index in [-0.39, 0.29) is 0 Å².